The number of hydrogen-bond acceptors (Lipinski definition) is 4. The molecule has 0 amide bonds. The number of aliphatic hydroxyl groups is 2. The Labute approximate surface area is 47.0 Å². The topological polar surface area (TPSA) is 55.7 Å². The third kappa shape index (κ3) is 0.696. The van der Waals surface area contributed by atoms with E-state index in [-0.39, 0.29) is 5.88 Å². The van der Waals surface area contributed by atoms with Crippen LogP contribution in [0.5, 0.6) is 0 Å². The average molecular weight is 116 g/mol. The lowest BCUT2D eigenvalue weighted by Crippen LogP contribution is -2.32. The minimum Gasteiger partial charge on any atom is -0.494 e. The molecule has 0 saturated carbocycles. The van der Waals surface area contributed by atoms with Gasteiger partial charge >= 0.3 is 0 Å². The first-order valence-corrected chi connectivity index (χ1v) is 2.27. The molecule has 0 aliphatic carbocycles. The van der Waals surface area contributed by atoms with E-state index in [2.05, 4.69) is 5.32 Å². The summed E-state index contributed by atoms with van der Waals surface area (Å²) >= 11 is 0. The summed E-state index contributed by atoms with van der Waals surface area (Å²) in [6.07, 6.45) is 0.639. The van der Waals surface area contributed by atoms with Gasteiger partial charge < -0.3 is 20.4 Å². The zero-order valence-corrected chi connectivity index (χ0v) is 4.50. The van der Waals surface area contributed by atoms with E-state index in [0.717, 1.165) is 0 Å². The summed E-state index contributed by atoms with van der Waals surface area (Å²) in [6, 6.07) is 0. The molecule has 0 fully saturated rings. The molecule has 3 N–H and O–H groups in total. The van der Waals surface area contributed by atoms with E-state index in [9.17, 15) is 0 Å². The van der Waals surface area contributed by atoms with E-state index in [1.165, 1.54) is 11.1 Å². The Morgan fingerprint density at radius 2 is 2.50 bits per heavy atom. The van der Waals surface area contributed by atoms with Crippen molar-refractivity contribution in [1.82, 2.24) is 10.2 Å². The second-order valence-corrected chi connectivity index (χ2v) is 1.70. The summed E-state index contributed by atoms with van der Waals surface area (Å²) in [5.74, 6) is 0.000000000000000222. The molecule has 1 aliphatic heterocycles. The van der Waals surface area contributed by atoms with Crippen molar-refractivity contribution >= 4 is 0 Å². The van der Waals surface area contributed by atoms with Crippen molar-refractivity contribution < 1.29 is 10.2 Å². The van der Waals surface area contributed by atoms with Gasteiger partial charge in [0.2, 0.25) is 12.2 Å². The van der Waals surface area contributed by atoms with E-state index in [4.69, 9.17) is 10.2 Å². The second kappa shape index (κ2) is 1.56. The van der Waals surface area contributed by atoms with Crippen LogP contribution in [0.15, 0.2) is 12.1 Å². The van der Waals surface area contributed by atoms with Crippen molar-refractivity contribution in [3.63, 3.8) is 0 Å². The molecule has 0 saturated heterocycles. The van der Waals surface area contributed by atoms with Gasteiger partial charge in [0.05, 0.1) is 6.20 Å². The second-order valence-electron chi connectivity index (χ2n) is 1.70. The maximum absolute atomic E-state index is 8.77. The first-order valence-electron chi connectivity index (χ1n) is 2.27. The highest BCUT2D eigenvalue weighted by atomic mass is 16.3. The molecule has 1 aliphatic rings. The molecule has 0 bridgehead atoms. The van der Waals surface area contributed by atoms with Gasteiger partial charge in [0, 0.05) is 7.05 Å². The van der Waals surface area contributed by atoms with Gasteiger partial charge in [0.15, 0.2) is 0 Å². The fraction of sp³-hybridized carbons (Fsp3) is 0.500. The van der Waals surface area contributed by atoms with Crippen LogP contribution in [0.4, 0.5) is 0 Å². The van der Waals surface area contributed by atoms with Crippen molar-refractivity contribution in [2.24, 2.45) is 0 Å². The summed E-state index contributed by atoms with van der Waals surface area (Å²) < 4.78 is 0. The van der Waals surface area contributed by atoms with Crippen LogP contribution in [0.25, 0.3) is 0 Å². The zero-order chi connectivity index (χ0) is 6.15. The van der Waals surface area contributed by atoms with Crippen LogP contribution in [-0.2, 0) is 0 Å². The Morgan fingerprint density at radius 1 is 1.88 bits per heavy atom. The Hall–Kier alpha value is -0.900. The number of hydrogen-bond donors (Lipinski definition) is 3. The van der Waals surface area contributed by atoms with Gasteiger partial charge in [-0.1, -0.05) is 0 Å². The predicted octanol–water partition coefficient (Wildman–Crippen LogP) is -0.846. The Kier molecular flexibility index (Phi) is 1.02. The predicted molar refractivity (Wildman–Crippen MR) is 27.6 cm³/mol. The third-order valence-electron chi connectivity index (χ3n) is 0.989. The number of rotatable bonds is 0. The SMILES string of the molecule is CN1C=C(O)N[C@H]1O. The summed E-state index contributed by atoms with van der Waals surface area (Å²) in [5, 5.41) is 19.8. The largest absolute Gasteiger partial charge is 0.494 e. The van der Waals surface area contributed by atoms with Crippen LogP contribution in [0, 0.1) is 0 Å². The van der Waals surface area contributed by atoms with Crippen LogP contribution >= 0.6 is 0 Å². The van der Waals surface area contributed by atoms with Gasteiger partial charge in [-0.2, -0.15) is 0 Å². The number of nitrogens with one attached hydrogen (secondary N) is 1. The van der Waals surface area contributed by atoms with E-state index >= 15 is 0 Å². The lowest BCUT2D eigenvalue weighted by Gasteiger charge is -2.12. The van der Waals surface area contributed by atoms with E-state index in [0.29, 0.717) is 0 Å². The molecular formula is C4H8N2O2. The number of nitrogens with zero attached hydrogens (tertiary/aromatic N) is 1. The van der Waals surface area contributed by atoms with Crippen LogP contribution in [0.3, 0.4) is 0 Å². The standard InChI is InChI=1S/C4H8N2O2/c1-6-2-3(7)5-4(6)8/h2,4-5,7-8H,1H3/t4-/m1/s1. The summed E-state index contributed by atoms with van der Waals surface area (Å²) in [5.41, 5.74) is 0. The van der Waals surface area contributed by atoms with Crippen LogP contribution < -0.4 is 5.32 Å². The molecule has 1 rings (SSSR count). The van der Waals surface area contributed by atoms with Crippen molar-refractivity contribution in [2.45, 2.75) is 6.35 Å². The van der Waals surface area contributed by atoms with Crippen LogP contribution in [0.1, 0.15) is 0 Å². The molecule has 4 nitrogen and oxygen atoms in total. The molecule has 8 heavy (non-hydrogen) atoms. The molecule has 0 aromatic heterocycles. The van der Waals surface area contributed by atoms with Crippen molar-refractivity contribution in [2.75, 3.05) is 7.05 Å². The Morgan fingerprint density at radius 3 is 2.62 bits per heavy atom. The van der Waals surface area contributed by atoms with Crippen LogP contribution in [0.2, 0.25) is 0 Å². The molecule has 1 atom stereocenters. The smallest absolute Gasteiger partial charge is 0.207 e. The Bertz CT molecular complexity index is 123. The van der Waals surface area contributed by atoms with Crippen molar-refractivity contribution in [1.29, 1.82) is 0 Å². The first-order chi connectivity index (χ1) is 3.70. The summed E-state index contributed by atoms with van der Waals surface area (Å²) in [7, 11) is 1.65. The molecule has 0 unspecified atom stereocenters. The minimum atomic E-state index is -0.769. The fourth-order valence-electron chi connectivity index (χ4n) is 0.535. The summed E-state index contributed by atoms with van der Waals surface area (Å²) in [6.45, 7) is 0. The monoisotopic (exact) mass is 116 g/mol. The lowest BCUT2D eigenvalue weighted by atomic mass is 10.8. The summed E-state index contributed by atoms with van der Waals surface area (Å²) in [4.78, 5) is 1.45. The Balaban J connectivity index is 2.56. The molecule has 1 heterocycles. The molecular weight excluding hydrogens is 108 g/mol. The van der Waals surface area contributed by atoms with Gasteiger partial charge in [0.25, 0.3) is 0 Å². The first kappa shape index (κ1) is 5.24. The molecule has 0 spiro atoms. The zero-order valence-electron chi connectivity index (χ0n) is 4.50. The van der Waals surface area contributed by atoms with E-state index in [1.807, 2.05) is 0 Å². The highest BCUT2D eigenvalue weighted by Gasteiger charge is 2.15. The van der Waals surface area contributed by atoms with Crippen molar-refractivity contribution in [3.8, 4) is 0 Å². The number of aliphatic hydroxyl groups excluding tert-OH is 2. The van der Waals surface area contributed by atoms with Crippen LogP contribution in [-0.4, -0.2) is 28.5 Å². The van der Waals surface area contributed by atoms with Gasteiger partial charge in [-0.3, -0.25) is 0 Å². The fourth-order valence-corrected chi connectivity index (χ4v) is 0.535. The van der Waals surface area contributed by atoms with Crippen molar-refractivity contribution in [3.05, 3.63) is 12.1 Å². The third-order valence-corrected chi connectivity index (χ3v) is 0.989. The lowest BCUT2D eigenvalue weighted by molar-refractivity contribution is 0.0453. The van der Waals surface area contributed by atoms with Gasteiger partial charge in [-0.05, 0) is 0 Å². The maximum Gasteiger partial charge on any atom is 0.207 e. The molecule has 0 radical (unpaired) electrons. The minimum absolute atomic E-state index is 0.000000000000000222. The van der Waals surface area contributed by atoms with Gasteiger partial charge in [0.1, 0.15) is 0 Å². The molecule has 0 aromatic carbocycles. The highest BCUT2D eigenvalue weighted by molar-refractivity contribution is 4.94. The van der Waals surface area contributed by atoms with E-state index in [1.54, 1.807) is 7.05 Å². The molecule has 0 aromatic rings. The van der Waals surface area contributed by atoms with Gasteiger partial charge in [-0.15, -0.1) is 0 Å². The molecule has 4 heteroatoms. The molecule has 46 valence electrons. The normalized spacial score (nSPS) is 27.5. The quantitative estimate of drug-likeness (QED) is 0.386. The highest BCUT2D eigenvalue weighted by Crippen LogP contribution is 2.01. The average Bonchev–Trinajstić information content (AvgIpc) is 1.85. The van der Waals surface area contributed by atoms with E-state index < -0.39 is 6.35 Å². The maximum atomic E-state index is 8.77. The van der Waals surface area contributed by atoms with Gasteiger partial charge in [-0.25, -0.2) is 0 Å².